The fourth-order valence-corrected chi connectivity index (χ4v) is 1.35. The molecule has 0 saturated carbocycles. The summed E-state index contributed by atoms with van der Waals surface area (Å²) >= 11 is 0. The topological polar surface area (TPSA) is 145 Å². The molecule has 2 heterocycles. The minimum atomic E-state index is -0.506. The van der Waals surface area contributed by atoms with Gasteiger partial charge in [0.05, 0.1) is 30.8 Å². The number of hydrogen-bond acceptors (Lipinski definition) is 8. The van der Waals surface area contributed by atoms with Crippen LogP contribution in [-0.2, 0) is 0 Å². The van der Waals surface area contributed by atoms with E-state index in [1.807, 2.05) is 0 Å². The standard InChI is InChI=1S/C8H13N7O2/c9-14-8-12-6(11-4(2-16)3-17)5-1-10-15-7(5)13-8/h1,4,16-17H,2-3,9H2,(H3,10,11,12,13,14,15). The second-order valence-electron chi connectivity index (χ2n) is 3.38. The lowest BCUT2D eigenvalue weighted by Crippen LogP contribution is -2.28. The van der Waals surface area contributed by atoms with E-state index >= 15 is 0 Å². The van der Waals surface area contributed by atoms with Crippen LogP contribution < -0.4 is 16.6 Å². The molecule has 0 amide bonds. The Morgan fingerprint density at radius 3 is 2.76 bits per heavy atom. The minimum Gasteiger partial charge on any atom is -0.394 e. The second kappa shape index (κ2) is 4.91. The molecule has 2 rings (SSSR count). The molecule has 92 valence electrons. The van der Waals surface area contributed by atoms with Gasteiger partial charge in [-0.1, -0.05) is 0 Å². The summed E-state index contributed by atoms with van der Waals surface area (Å²) in [6, 6.07) is -0.506. The molecule has 9 heteroatoms. The number of hydrazine groups is 1. The minimum absolute atomic E-state index is 0.207. The van der Waals surface area contributed by atoms with Gasteiger partial charge in [-0.15, -0.1) is 0 Å². The molecule has 0 fully saturated rings. The number of nitrogens with zero attached hydrogens (tertiary/aromatic N) is 3. The lowest BCUT2D eigenvalue weighted by Gasteiger charge is -2.14. The Morgan fingerprint density at radius 2 is 2.12 bits per heavy atom. The summed E-state index contributed by atoms with van der Waals surface area (Å²) in [7, 11) is 0. The number of nitrogens with one attached hydrogen (secondary N) is 3. The van der Waals surface area contributed by atoms with E-state index in [1.54, 1.807) is 6.20 Å². The fourth-order valence-electron chi connectivity index (χ4n) is 1.35. The zero-order valence-corrected chi connectivity index (χ0v) is 8.88. The third-order valence-electron chi connectivity index (χ3n) is 2.22. The molecule has 2 aromatic rings. The summed E-state index contributed by atoms with van der Waals surface area (Å²) in [5.41, 5.74) is 2.83. The lowest BCUT2D eigenvalue weighted by molar-refractivity contribution is 0.203. The van der Waals surface area contributed by atoms with Crippen molar-refractivity contribution in [3.05, 3.63) is 6.20 Å². The highest BCUT2D eigenvalue weighted by molar-refractivity contribution is 5.87. The van der Waals surface area contributed by atoms with Crippen molar-refractivity contribution in [2.45, 2.75) is 6.04 Å². The number of H-pyrrole nitrogens is 1. The van der Waals surface area contributed by atoms with Gasteiger partial charge < -0.3 is 15.5 Å². The molecule has 9 nitrogen and oxygen atoms in total. The number of aliphatic hydroxyl groups excluding tert-OH is 2. The Balaban J connectivity index is 2.39. The molecule has 2 aromatic heterocycles. The van der Waals surface area contributed by atoms with Crippen molar-refractivity contribution in [1.29, 1.82) is 0 Å². The Hall–Kier alpha value is -1.97. The van der Waals surface area contributed by atoms with E-state index < -0.39 is 6.04 Å². The average molecular weight is 239 g/mol. The summed E-state index contributed by atoms with van der Waals surface area (Å²) in [4.78, 5) is 8.13. The highest BCUT2D eigenvalue weighted by Crippen LogP contribution is 2.20. The van der Waals surface area contributed by atoms with E-state index in [0.717, 1.165) is 0 Å². The third-order valence-corrected chi connectivity index (χ3v) is 2.22. The summed E-state index contributed by atoms with van der Waals surface area (Å²) in [5, 5.41) is 28.1. The van der Waals surface area contributed by atoms with Crippen LogP contribution in [0.2, 0.25) is 0 Å². The van der Waals surface area contributed by atoms with Crippen molar-refractivity contribution >= 4 is 22.8 Å². The monoisotopic (exact) mass is 239 g/mol. The van der Waals surface area contributed by atoms with Gasteiger partial charge in [0, 0.05) is 0 Å². The maximum Gasteiger partial charge on any atom is 0.241 e. The number of hydrogen-bond donors (Lipinski definition) is 6. The number of aromatic amines is 1. The summed E-state index contributed by atoms with van der Waals surface area (Å²) in [6.45, 7) is -0.434. The summed E-state index contributed by atoms with van der Waals surface area (Å²) in [6.07, 6.45) is 1.55. The van der Waals surface area contributed by atoms with Crippen LogP contribution in [0.3, 0.4) is 0 Å². The highest BCUT2D eigenvalue weighted by atomic mass is 16.3. The van der Waals surface area contributed by atoms with Crippen molar-refractivity contribution in [3.63, 3.8) is 0 Å². The van der Waals surface area contributed by atoms with Gasteiger partial charge in [-0.05, 0) is 0 Å². The quantitative estimate of drug-likeness (QED) is 0.270. The van der Waals surface area contributed by atoms with Crippen molar-refractivity contribution in [2.24, 2.45) is 5.84 Å². The predicted molar refractivity (Wildman–Crippen MR) is 61.1 cm³/mol. The lowest BCUT2D eigenvalue weighted by atomic mass is 10.3. The van der Waals surface area contributed by atoms with Crippen molar-refractivity contribution in [2.75, 3.05) is 24.0 Å². The number of rotatable bonds is 5. The number of aromatic nitrogens is 4. The van der Waals surface area contributed by atoms with Crippen LogP contribution in [0.25, 0.3) is 11.0 Å². The maximum atomic E-state index is 9.01. The second-order valence-corrected chi connectivity index (χ2v) is 3.38. The fraction of sp³-hybridized carbons (Fsp3) is 0.375. The van der Waals surface area contributed by atoms with E-state index in [-0.39, 0.29) is 19.2 Å². The van der Waals surface area contributed by atoms with E-state index in [0.29, 0.717) is 16.9 Å². The molecule has 0 radical (unpaired) electrons. The molecule has 0 aliphatic rings. The Kier molecular flexibility index (Phi) is 3.32. The van der Waals surface area contributed by atoms with Crippen LogP contribution in [0, 0.1) is 0 Å². The number of fused-ring (bicyclic) bond motifs is 1. The van der Waals surface area contributed by atoms with Crippen LogP contribution in [-0.4, -0.2) is 49.6 Å². The van der Waals surface area contributed by atoms with Crippen molar-refractivity contribution < 1.29 is 10.2 Å². The average Bonchev–Trinajstić information content (AvgIpc) is 2.83. The molecule has 0 aliphatic heterocycles. The molecule has 0 unspecified atom stereocenters. The first kappa shape index (κ1) is 11.5. The third kappa shape index (κ3) is 2.25. The maximum absolute atomic E-state index is 9.01. The highest BCUT2D eigenvalue weighted by Gasteiger charge is 2.12. The van der Waals surface area contributed by atoms with Crippen molar-refractivity contribution in [3.8, 4) is 0 Å². The molecule has 17 heavy (non-hydrogen) atoms. The zero-order valence-electron chi connectivity index (χ0n) is 8.88. The van der Waals surface area contributed by atoms with E-state index in [4.69, 9.17) is 16.1 Å². The normalized spacial score (nSPS) is 11.1. The van der Waals surface area contributed by atoms with Crippen LogP contribution >= 0.6 is 0 Å². The van der Waals surface area contributed by atoms with Gasteiger partial charge in [-0.25, -0.2) is 5.84 Å². The number of nitrogens with two attached hydrogens (primary N) is 1. The van der Waals surface area contributed by atoms with Gasteiger partial charge in [0.1, 0.15) is 5.82 Å². The van der Waals surface area contributed by atoms with Crippen LogP contribution in [0.15, 0.2) is 6.20 Å². The number of aliphatic hydroxyl groups is 2. The molecule has 0 aromatic carbocycles. The molecular formula is C8H13N7O2. The van der Waals surface area contributed by atoms with Crippen LogP contribution in [0.1, 0.15) is 0 Å². The van der Waals surface area contributed by atoms with E-state index in [1.165, 1.54) is 0 Å². The Labute approximate surface area is 96.0 Å². The molecule has 0 saturated heterocycles. The van der Waals surface area contributed by atoms with Gasteiger partial charge >= 0.3 is 0 Å². The first-order valence-corrected chi connectivity index (χ1v) is 4.94. The van der Waals surface area contributed by atoms with Crippen LogP contribution in [0.4, 0.5) is 11.8 Å². The largest absolute Gasteiger partial charge is 0.394 e. The van der Waals surface area contributed by atoms with Crippen molar-refractivity contribution in [1.82, 2.24) is 20.2 Å². The van der Waals surface area contributed by atoms with Gasteiger partial charge in [0.15, 0.2) is 5.65 Å². The van der Waals surface area contributed by atoms with Gasteiger partial charge in [0.25, 0.3) is 0 Å². The number of nitrogen functional groups attached to an aromatic ring is 1. The molecule has 7 N–H and O–H groups in total. The predicted octanol–water partition coefficient (Wildman–Crippen LogP) is -1.60. The van der Waals surface area contributed by atoms with E-state index in [2.05, 4.69) is 30.9 Å². The molecule has 0 atom stereocenters. The smallest absolute Gasteiger partial charge is 0.241 e. The van der Waals surface area contributed by atoms with Crippen LogP contribution in [0.5, 0.6) is 0 Å². The van der Waals surface area contributed by atoms with Gasteiger partial charge in [0.2, 0.25) is 5.95 Å². The Bertz CT molecular complexity index is 496. The first-order valence-electron chi connectivity index (χ1n) is 4.94. The molecule has 0 bridgehead atoms. The first-order chi connectivity index (χ1) is 8.28. The SMILES string of the molecule is NNc1nc(NC(CO)CO)c2cn[nH]c2n1. The summed E-state index contributed by atoms with van der Waals surface area (Å²) < 4.78 is 0. The zero-order chi connectivity index (χ0) is 12.3. The summed E-state index contributed by atoms with van der Waals surface area (Å²) in [5.74, 6) is 5.88. The molecule has 0 spiro atoms. The Morgan fingerprint density at radius 1 is 1.35 bits per heavy atom. The number of anilines is 2. The van der Waals surface area contributed by atoms with E-state index in [9.17, 15) is 0 Å². The molecular weight excluding hydrogens is 226 g/mol. The van der Waals surface area contributed by atoms with Gasteiger partial charge in [-0.3, -0.25) is 10.5 Å². The molecule has 0 aliphatic carbocycles. The van der Waals surface area contributed by atoms with Gasteiger partial charge in [-0.2, -0.15) is 15.1 Å².